The molecule has 3 rings (SSSR count). The molecule has 0 aromatic heterocycles. The van der Waals surface area contributed by atoms with E-state index in [1.54, 1.807) is 0 Å². The van der Waals surface area contributed by atoms with Crippen LogP contribution in [0.2, 0.25) is 0 Å². The third kappa shape index (κ3) is 3.31. The van der Waals surface area contributed by atoms with E-state index >= 15 is 0 Å². The zero-order chi connectivity index (χ0) is 16.5. The number of nitrogens with zero attached hydrogens (tertiary/aromatic N) is 1. The molecule has 3 heteroatoms. The molecule has 23 heavy (non-hydrogen) atoms. The molecule has 0 aromatic carbocycles. The van der Waals surface area contributed by atoms with Crippen molar-refractivity contribution < 1.29 is 9.53 Å². The third-order valence-electron chi connectivity index (χ3n) is 7.54. The lowest BCUT2D eigenvalue weighted by Gasteiger charge is -2.38. The minimum absolute atomic E-state index is 0.0400. The van der Waals surface area contributed by atoms with E-state index in [1.165, 1.54) is 45.2 Å². The van der Waals surface area contributed by atoms with E-state index in [1.807, 2.05) is 0 Å². The molecule has 1 heterocycles. The van der Waals surface area contributed by atoms with Crippen LogP contribution in [0.1, 0.15) is 78.6 Å². The topological polar surface area (TPSA) is 29.5 Å². The van der Waals surface area contributed by atoms with E-state index < -0.39 is 0 Å². The van der Waals surface area contributed by atoms with Crippen molar-refractivity contribution in [2.45, 2.75) is 84.7 Å². The number of esters is 1. The van der Waals surface area contributed by atoms with Crippen molar-refractivity contribution in [1.29, 1.82) is 0 Å². The van der Waals surface area contributed by atoms with Gasteiger partial charge in [-0.3, -0.25) is 4.79 Å². The van der Waals surface area contributed by atoms with E-state index in [0.717, 1.165) is 31.7 Å². The van der Waals surface area contributed by atoms with Crippen LogP contribution in [0.15, 0.2) is 0 Å². The van der Waals surface area contributed by atoms with Crippen LogP contribution >= 0.6 is 0 Å². The molecule has 0 amide bonds. The summed E-state index contributed by atoms with van der Waals surface area (Å²) in [5.41, 5.74) is 0.521. The number of carbonyl (C=O) groups excluding carboxylic acids is 1. The molecule has 2 saturated carbocycles. The highest BCUT2D eigenvalue weighted by Crippen LogP contribution is 2.66. The van der Waals surface area contributed by atoms with Crippen molar-refractivity contribution in [1.82, 2.24) is 4.90 Å². The first-order chi connectivity index (χ1) is 10.9. The van der Waals surface area contributed by atoms with Gasteiger partial charge in [-0.15, -0.1) is 0 Å². The van der Waals surface area contributed by atoms with Crippen molar-refractivity contribution in [3.8, 4) is 0 Å². The minimum Gasteiger partial charge on any atom is -0.462 e. The van der Waals surface area contributed by atoms with Gasteiger partial charge < -0.3 is 9.64 Å². The molecule has 1 aliphatic heterocycles. The number of fused-ring (bicyclic) bond motifs is 2. The number of carbonyl (C=O) groups is 1. The lowest BCUT2D eigenvalue weighted by atomic mass is 9.70. The molecule has 0 N–H and O–H groups in total. The molecule has 3 atom stereocenters. The molecule has 0 aromatic rings. The highest BCUT2D eigenvalue weighted by molar-refractivity contribution is 5.69. The summed E-state index contributed by atoms with van der Waals surface area (Å²) in [5, 5.41) is 0. The Hall–Kier alpha value is -0.570. The summed E-state index contributed by atoms with van der Waals surface area (Å²) in [5.74, 6) is 0.780. The lowest BCUT2D eigenvalue weighted by Crippen LogP contribution is -2.38. The van der Waals surface area contributed by atoms with Gasteiger partial charge in [-0.05, 0) is 75.9 Å². The third-order valence-corrected chi connectivity index (χ3v) is 7.54. The van der Waals surface area contributed by atoms with E-state index in [9.17, 15) is 4.79 Å². The predicted molar refractivity (Wildman–Crippen MR) is 93.3 cm³/mol. The fraction of sp³-hybridized carbons (Fsp3) is 0.950. The maximum atomic E-state index is 12.2. The largest absolute Gasteiger partial charge is 0.462 e. The summed E-state index contributed by atoms with van der Waals surface area (Å²) in [4.78, 5) is 14.8. The molecule has 2 aliphatic carbocycles. The van der Waals surface area contributed by atoms with Crippen LogP contribution in [0.5, 0.6) is 0 Å². The SMILES string of the molecule is CC1(C)[C@H]2CC[C@]1(C)[C@H](OC(=O)CCCCN1CCCCC1)C2. The smallest absolute Gasteiger partial charge is 0.306 e. The van der Waals surface area contributed by atoms with E-state index in [4.69, 9.17) is 4.74 Å². The maximum Gasteiger partial charge on any atom is 0.306 e. The summed E-state index contributed by atoms with van der Waals surface area (Å²) >= 11 is 0. The lowest BCUT2D eigenvalue weighted by molar-refractivity contribution is -0.157. The summed E-state index contributed by atoms with van der Waals surface area (Å²) in [6.45, 7) is 10.7. The fourth-order valence-electron chi connectivity index (χ4n) is 5.31. The molecule has 0 unspecified atom stereocenters. The molecule has 132 valence electrons. The maximum absolute atomic E-state index is 12.2. The van der Waals surface area contributed by atoms with Crippen molar-refractivity contribution in [2.24, 2.45) is 16.7 Å². The van der Waals surface area contributed by atoms with Gasteiger partial charge in [0.1, 0.15) is 6.10 Å². The molecular formula is C20H35NO2. The Morgan fingerprint density at radius 2 is 1.87 bits per heavy atom. The number of unbranched alkanes of at least 4 members (excludes halogenated alkanes) is 1. The van der Waals surface area contributed by atoms with Crippen LogP contribution in [-0.4, -0.2) is 36.6 Å². The van der Waals surface area contributed by atoms with Crippen LogP contribution in [-0.2, 0) is 9.53 Å². The Morgan fingerprint density at radius 3 is 2.48 bits per heavy atom. The Morgan fingerprint density at radius 1 is 1.13 bits per heavy atom. The molecule has 1 saturated heterocycles. The molecule has 0 radical (unpaired) electrons. The molecule has 3 fully saturated rings. The number of rotatable bonds is 6. The average molecular weight is 322 g/mol. The van der Waals surface area contributed by atoms with Crippen molar-refractivity contribution in [3.05, 3.63) is 0 Å². The van der Waals surface area contributed by atoms with Gasteiger partial charge in [0.2, 0.25) is 0 Å². The second kappa shape index (κ2) is 6.74. The van der Waals surface area contributed by atoms with E-state index in [-0.39, 0.29) is 17.5 Å². The fourth-order valence-corrected chi connectivity index (χ4v) is 5.31. The highest BCUT2D eigenvalue weighted by Gasteiger charge is 2.62. The van der Waals surface area contributed by atoms with Crippen LogP contribution in [0.3, 0.4) is 0 Å². The zero-order valence-electron chi connectivity index (χ0n) is 15.4. The van der Waals surface area contributed by atoms with Gasteiger partial charge in [-0.1, -0.05) is 27.2 Å². The second-order valence-corrected chi connectivity index (χ2v) is 8.95. The van der Waals surface area contributed by atoms with Crippen LogP contribution in [0, 0.1) is 16.7 Å². The summed E-state index contributed by atoms with van der Waals surface area (Å²) in [6, 6.07) is 0. The van der Waals surface area contributed by atoms with Gasteiger partial charge in [0, 0.05) is 11.8 Å². The predicted octanol–water partition coefficient (Wildman–Crippen LogP) is 4.40. The first kappa shape index (κ1) is 17.3. The minimum atomic E-state index is 0.0400. The Labute approximate surface area is 142 Å². The Bertz CT molecular complexity index is 427. The first-order valence-corrected chi connectivity index (χ1v) is 9.85. The summed E-state index contributed by atoms with van der Waals surface area (Å²) in [6.07, 6.45) is 10.6. The number of likely N-dealkylation sites (tertiary alicyclic amines) is 1. The van der Waals surface area contributed by atoms with Crippen molar-refractivity contribution in [2.75, 3.05) is 19.6 Å². The van der Waals surface area contributed by atoms with Gasteiger partial charge in [0.15, 0.2) is 0 Å². The Kier molecular flexibility index (Phi) is 5.06. The van der Waals surface area contributed by atoms with Crippen molar-refractivity contribution in [3.63, 3.8) is 0 Å². The average Bonchev–Trinajstić information content (AvgIpc) is 2.86. The van der Waals surface area contributed by atoms with Gasteiger partial charge in [0.25, 0.3) is 0 Å². The van der Waals surface area contributed by atoms with Crippen LogP contribution < -0.4 is 0 Å². The monoisotopic (exact) mass is 321 g/mol. The molecule has 3 aliphatic rings. The van der Waals surface area contributed by atoms with Crippen LogP contribution in [0.4, 0.5) is 0 Å². The van der Waals surface area contributed by atoms with Gasteiger partial charge in [0.05, 0.1) is 0 Å². The number of hydrogen-bond acceptors (Lipinski definition) is 3. The standard InChI is InChI=1S/C20H35NO2/c1-19(2)16-10-11-20(19,3)17(15-16)23-18(22)9-5-8-14-21-12-6-4-7-13-21/h16-17H,4-15H2,1-3H3/t16-,17+,20+/m0/s1. The molecule has 3 nitrogen and oxygen atoms in total. The van der Waals surface area contributed by atoms with Crippen LogP contribution in [0.25, 0.3) is 0 Å². The molecular weight excluding hydrogens is 286 g/mol. The normalized spacial score (nSPS) is 36.3. The molecule has 2 bridgehead atoms. The van der Waals surface area contributed by atoms with Gasteiger partial charge >= 0.3 is 5.97 Å². The number of ether oxygens (including phenoxy) is 1. The summed E-state index contributed by atoms with van der Waals surface area (Å²) in [7, 11) is 0. The highest BCUT2D eigenvalue weighted by atomic mass is 16.5. The van der Waals surface area contributed by atoms with E-state index in [2.05, 4.69) is 25.7 Å². The number of piperidine rings is 1. The number of hydrogen-bond donors (Lipinski definition) is 0. The second-order valence-electron chi connectivity index (χ2n) is 8.95. The first-order valence-electron chi connectivity index (χ1n) is 9.85. The quantitative estimate of drug-likeness (QED) is 0.536. The zero-order valence-corrected chi connectivity index (χ0v) is 15.4. The van der Waals surface area contributed by atoms with Gasteiger partial charge in [-0.2, -0.15) is 0 Å². The molecule has 0 spiro atoms. The van der Waals surface area contributed by atoms with Gasteiger partial charge in [-0.25, -0.2) is 0 Å². The van der Waals surface area contributed by atoms with Crippen molar-refractivity contribution >= 4 is 5.97 Å². The Balaban J connectivity index is 1.37. The van der Waals surface area contributed by atoms with E-state index in [0.29, 0.717) is 11.8 Å². The summed E-state index contributed by atoms with van der Waals surface area (Å²) < 4.78 is 5.92.